The molecule has 0 fully saturated rings. The molecule has 0 saturated carbocycles. The van der Waals surface area contributed by atoms with E-state index in [1.54, 1.807) is 0 Å². The molecule has 0 aliphatic carbocycles. The average molecular weight is 404 g/mol. The molecule has 5 nitrogen and oxygen atoms in total. The van der Waals surface area contributed by atoms with Crippen molar-refractivity contribution in [2.24, 2.45) is 5.10 Å². The molecule has 144 valence electrons. The van der Waals surface area contributed by atoms with Crippen LogP contribution in [0.2, 0.25) is 0 Å². The number of carbonyl (C=O) groups is 1. The van der Waals surface area contributed by atoms with Crippen molar-refractivity contribution in [3.8, 4) is 0 Å². The molecule has 0 saturated heterocycles. The molecular formula is C19H15F3N4OS. The maximum Gasteiger partial charge on any atom is 0.416 e. The standard InChI is InChI=1S/C19H15F3N4OS/c20-19(21,22)14-8-6-12(7-9-14)11-28-18-25-24-17-23-16(27)10-15(26(17)18)13-4-2-1-3-5-13/h1-10,17,24H,11H2,(H,23,27). The van der Waals surface area contributed by atoms with Crippen LogP contribution in [0.3, 0.4) is 0 Å². The molecule has 2 aromatic carbocycles. The lowest BCUT2D eigenvalue weighted by Gasteiger charge is -2.32. The van der Waals surface area contributed by atoms with E-state index in [1.165, 1.54) is 30.0 Å². The normalized spacial score (nSPS) is 18.8. The van der Waals surface area contributed by atoms with Crippen molar-refractivity contribution >= 4 is 28.5 Å². The van der Waals surface area contributed by atoms with Gasteiger partial charge in [0.05, 0.1) is 11.3 Å². The lowest BCUT2D eigenvalue weighted by atomic mass is 10.1. The number of nitrogens with one attached hydrogen (secondary N) is 2. The summed E-state index contributed by atoms with van der Waals surface area (Å²) in [6.07, 6.45) is -3.34. The van der Waals surface area contributed by atoms with Gasteiger partial charge in [-0.15, -0.1) is 0 Å². The number of hydrazone groups is 1. The molecule has 0 spiro atoms. The van der Waals surface area contributed by atoms with Crippen LogP contribution in [0.25, 0.3) is 5.70 Å². The number of halogens is 3. The van der Waals surface area contributed by atoms with Gasteiger partial charge in [-0.2, -0.15) is 18.3 Å². The minimum Gasteiger partial charge on any atom is -0.314 e. The molecule has 28 heavy (non-hydrogen) atoms. The number of amides is 1. The third-order valence-electron chi connectivity index (χ3n) is 4.27. The Labute approximate surface area is 163 Å². The fourth-order valence-electron chi connectivity index (χ4n) is 2.92. The zero-order valence-electron chi connectivity index (χ0n) is 14.4. The predicted molar refractivity (Wildman–Crippen MR) is 101 cm³/mol. The number of carbonyl (C=O) groups excluding carboxylic acids is 1. The Kier molecular flexibility index (Phi) is 4.76. The highest BCUT2D eigenvalue weighted by Crippen LogP contribution is 2.32. The first kappa shape index (κ1) is 18.4. The number of hydrogen-bond donors (Lipinski definition) is 2. The smallest absolute Gasteiger partial charge is 0.314 e. The molecule has 2 aliphatic heterocycles. The van der Waals surface area contributed by atoms with Crippen molar-refractivity contribution in [3.05, 3.63) is 77.4 Å². The number of alkyl halides is 3. The summed E-state index contributed by atoms with van der Waals surface area (Å²) in [6, 6.07) is 14.5. The van der Waals surface area contributed by atoms with Crippen LogP contribution in [-0.4, -0.2) is 22.3 Å². The Morgan fingerprint density at radius 1 is 1.07 bits per heavy atom. The lowest BCUT2D eigenvalue weighted by Crippen LogP contribution is -2.53. The van der Waals surface area contributed by atoms with Crippen molar-refractivity contribution in [3.63, 3.8) is 0 Å². The second kappa shape index (κ2) is 7.23. The first-order chi connectivity index (χ1) is 13.4. The summed E-state index contributed by atoms with van der Waals surface area (Å²) >= 11 is 1.38. The number of benzene rings is 2. The van der Waals surface area contributed by atoms with Crippen molar-refractivity contribution in [1.82, 2.24) is 15.6 Å². The van der Waals surface area contributed by atoms with Crippen LogP contribution < -0.4 is 10.7 Å². The molecule has 0 bridgehead atoms. The monoisotopic (exact) mass is 404 g/mol. The molecule has 0 aromatic heterocycles. The van der Waals surface area contributed by atoms with Gasteiger partial charge in [0.1, 0.15) is 0 Å². The van der Waals surface area contributed by atoms with Gasteiger partial charge in [-0.3, -0.25) is 15.1 Å². The highest BCUT2D eigenvalue weighted by atomic mass is 32.2. The van der Waals surface area contributed by atoms with Crippen LogP contribution in [-0.2, 0) is 16.7 Å². The lowest BCUT2D eigenvalue weighted by molar-refractivity contribution is -0.137. The van der Waals surface area contributed by atoms with Gasteiger partial charge in [-0.1, -0.05) is 54.2 Å². The van der Waals surface area contributed by atoms with E-state index in [1.807, 2.05) is 35.2 Å². The Morgan fingerprint density at radius 3 is 2.46 bits per heavy atom. The van der Waals surface area contributed by atoms with Crippen LogP contribution in [0.15, 0.2) is 65.8 Å². The van der Waals surface area contributed by atoms with Gasteiger partial charge < -0.3 is 5.32 Å². The van der Waals surface area contributed by atoms with Gasteiger partial charge in [-0.25, -0.2) is 0 Å². The summed E-state index contributed by atoms with van der Waals surface area (Å²) in [5.41, 5.74) is 4.53. The zero-order valence-corrected chi connectivity index (χ0v) is 15.2. The van der Waals surface area contributed by atoms with E-state index in [-0.39, 0.29) is 5.91 Å². The number of thioether (sulfide) groups is 1. The third kappa shape index (κ3) is 3.70. The maximum absolute atomic E-state index is 12.7. The van der Waals surface area contributed by atoms with Gasteiger partial charge in [0.15, 0.2) is 11.5 Å². The predicted octanol–water partition coefficient (Wildman–Crippen LogP) is 3.57. The summed E-state index contributed by atoms with van der Waals surface area (Å²) in [5.74, 6) is 0.217. The quantitative estimate of drug-likeness (QED) is 0.821. The second-order valence-electron chi connectivity index (χ2n) is 6.18. The van der Waals surface area contributed by atoms with E-state index < -0.39 is 18.0 Å². The van der Waals surface area contributed by atoms with E-state index in [0.29, 0.717) is 16.6 Å². The van der Waals surface area contributed by atoms with E-state index in [9.17, 15) is 18.0 Å². The topological polar surface area (TPSA) is 56.7 Å². The van der Waals surface area contributed by atoms with Gasteiger partial charge >= 0.3 is 6.18 Å². The molecule has 0 radical (unpaired) electrons. The van der Waals surface area contributed by atoms with Crippen molar-refractivity contribution in [2.75, 3.05) is 0 Å². The molecule has 1 amide bonds. The molecule has 2 aromatic rings. The first-order valence-electron chi connectivity index (χ1n) is 8.41. The minimum atomic E-state index is -4.35. The van der Waals surface area contributed by atoms with Gasteiger partial charge in [0, 0.05) is 11.8 Å². The fraction of sp³-hybridized carbons (Fsp3) is 0.158. The minimum absolute atomic E-state index is 0.225. The molecule has 2 N–H and O–H groups in total. The van der Waals surface area contributed by atoms with Crippen LogP contribution in [0.4, 0.5) is 13.2 Å². The van der Waals surface area contributed by atoms with Crippen molar-refractivity contribution in [2.45, 2.75) is 18.2 Å². The van der Waals surface area contributed by atoms with Gasteiger partial charge in [0.25, 0.3) is 0 Å². The van der Waals surface area contributed by atoms with E-state index in [2.05, 4.69) is 15.8 Å². The van der Waals surface area contributed by atoms with Crippen LogP contribution >= 0.6 is 11.8 Å². The van der Waals surface area contributed by atoms with E-state index in [0.717, 1.165) is 23.3 Å². The van der Waals surface area contributed by atoms with Gasteiger partial charge in [0.2, 0.25) is 5.91 Å². The maximum atomic E-state index is 12.7. The molecule has 9 heteroatoms. The second-order valence-corrected chi connectivity index (χ2v) is 7.13. The third-order valence-corrected chi connectivity index (χ3v) is 5.30. The zero-order chi connectivity index (χ0) is 19.7. The number of amidine groups is 1. The number of nitrogens with zero attached hydrogens (tertiary/aromatic N) is 2. The summed E-state index contributed by atoms with van der Waals surface area (Å²) in [7, 11) is 0. The SMILES string of the molecule is O=C1C=C(c2ccccc2)N2C(SCc3ccc(C(F)(F)F)cc3)=NNC2N1. The summed E-state index contributed by atoms with van der Waals surface area (Å²) in [4.78, 5) is 13.9. The molecule has 2 heterocycles. The van der Waals surface area contributed by atoms with Crippen molar-refractivity contribution in [1.29, 1.82) is 0 Å². The largest absolute Gasteiger partial charge is 0.416 e. The Hall–Kier alpha value is -2.94. The molecule has 4 rings (SSSR count). The summed E-state index contributed by atoms with van der Waals surface area (Å²) in [5, 5.41) is 7.68. The van der Waals surface area contributed by atoms with Crippen molar-refractivity contribution < 1.29 is 18.0 Å². The number of fused-ring (bicyclic) bond motifs is 1. The van der Waals surface area contributed by atoms with Crippen LogP contribution in [0, 0.1) is 0 Å². The fourth-order valence-corrected chi connectivity index (χ4v) is 3.87. The Morgan fingerprint density at radius 2 is 1.79 bits per heavy atom. The highest BCUT2D eigenvalue weighted by molar-refractivity contribution is 8.13. The average Bonchev–Trinajstić information content (AvgIpc) is 3.09. The number of rotatable bonds is 3. The van der Waals surface area contributed by atoms with E-state index >= 15 is 0 Å². The van der Waals surface area contributed by atoms with Crippen LogP contribution in [0.1, 0.15) is 16.7 Å². The first-order valence-corrected chi connectivity index (χ1v) is 9.39. The number of hydrogen-bond acceptors (Lipinski definition) is 5. The Bertz CT molecular complexity index is 942. The molecule has 1 atom stereocenters. The summed E-state index contributed by atoms with van der Waals surface area (Å²) < 4.78 is 38.1. The molecule has 2 aliphatic rings. The summed E-state index contributed by atoms with van der Waals surface area (Å²) in [6.45, 7) is 0. The molecular weight excluding hydrogens is 389 g/mol. The Balaban J connectivity index is 1.51. The van der Waals surface area contributed by atoms with Crippen LogP contribution in [0.5, 0.6) is 0 Å². The van der Waals surface area contributed by atoms with E-state index in [4.69, 9.17) is 0 Å². The molecule has 1 unspecified atom stereocenters. The highest BCUT2D eigenvalue weighted by Gasteiger charge is 2.36. The van der Waals surface area contributed by atoms with Gasteiger partial charge in [-0.05, 0) is 23.3 Å².